The number of rotatable bonds is 2. The second-order valence-electron chi connectivity index (χ2n) is 4.70. The van der Waals surface area contributed by atoms with Crippen LogP contribution in [-0.4, -0.2) is 45.2 Å². The van der Waals surface area contributed by atoms with Crippen LogP contribution in [0, 0.1) is 0 Å². The molecule has 0 spiro atoms. The number of hydrogen-bond acceptors (Lipinski definition) is 4. The van der Waals surface area contributed by atoms with Crippen molar-refractivity contribution in [2.24, 2.45) is 0 Å². The largest absolute Gasteiger partial charge is 0.366 e. The monoisotopic (exact) mass is 275 g/mol. The quantitative estimate of drug-likeness (QED) is 0.752. The van der Waals surface area contributed by atoms with Gasteiger partial charge < -0.3 is 15.1 Å². The smallest absolute Gasteiger partial charge is 0.222 e. The van der Waals surface area contributed by atoms with Crippen molar-refractivity contribution >= 4 is 11.7 Å². The second-order valence-corrected chi connectivity index (χ2v) is 4.70. The maximum Gasteiger partial charge on any atom is 0.222 e. The molecular weight excluding hydrogens is 246 g/mol. The van der Waals surface area contributed by atoms with E-state index in [4.69, 9.17) is 10.2 Å². The van der Waals surface area contributed by atoms with E-state index in [-0.39, 0.29) is 17.7 Å². The van der Waals surface area contributed by atoms with E-state index >= 15 is 0 Å². The number of Topliss-reactive ketones (excluding diaryl/α,β-unsaturated/α-hetero) is 1. The van der Waals surface area contributed by atoms with Gasteiger partial charge in [0.25, 0.3) is 0 Å². The zero-order valence-electron chi connectivity index (χ0n) is 13.1. The van der Waals surface area contributed by atoms with Crippen LogP contribution < -0.4 is 0 Å². The molecule has 0 aromatic heterocycles. The summed E-state index contributed by atoms with van der Waals surface area (Å²) in [7, 11) is 0. The van der Waals surface area contributed by atoms with Crippen LogP contribution in [0.4, 0.5) is 0 Å². The van der Waals surface area contributed by atoms with Crippen molar-refractivity contribution in [2.75, 3.05) is 6.54 Å². The molecule has 1 aliphatic rings. The normalized spacial score (nSPS) is 17.9. The number of ketones is 1. The zero-order chi connectivity index (χ0) is 15.6. The summed E-state index contributed by atoms with van der Waals surface area (Å²) in [4.78, 5) is 24.1. The molecule has 0 bridgehead atoms. The molecule has 2 N–H and O–H groups in total. The Labute approximate surface area is 116 Å². The number of amides is 1. The molecule has 0 radical (unpaired) electrons. The topological polar surface area (TPSA) is 77.8 Å². The van der Waals surface area contributed by atoms with Gasteiger partial charge in [-0.15, -0.1) is 0 Å². The fraction of sp³-hybridized carbons (Fsp3) is 0.857. The Morgan fingerprint density at radius 3 is 2.00 bits per heavy atom. The van der Waals surface area contributed by atoms with Gasteiger partial charge in [0.15, 0.2) is 11.6 Å². The average Bonchev–Trinajstić information content (AvgIpc) is 2.77. The Bertz CT molecular complexity index is 265. The molecule has 1 heterocycles. The highest BCUT2D eigenvalue weighted by molar-refractivity contribution is 5.87. The van der Waals surface area contributed by atoms with E-state index in [1.807, 2.05) is 20.8 Å². The number of likely N-dealkylation sites (tertiary alicyclic amines) is 1. The maximum atomic E-state index is 11.3. The van der Waals surface area contributed by atoms with Crippen LogP contribution in [-0.2, 0) is 9.59 Å². The molecule has 1 unspecified atom stereocenters. The minimum absolute atomic E-state index is 0.104. The van der Waals surface area contributed by atoms with E-state index in [1.54, 1.807) is 11.8 Å². The predicted molar refractivity (Wildman–Crippen MR) is 75.6 cm³/mol. The van der Waals surface area contributed by atoms with Crippen molar-refractivity contribution in [1.29, 1.82) is 0 Å². The molecule has 1 saturated heterocycles. The van der Waals surface area contributed by atoms with Gasteiger partial charge in [0.2, 0.25) is 5.91 Å². The fourth-order valence-corrected chi connectivity index (χ4v) is 1.69. The molecule has 1 aliphatic heterocycles. The maximum absolute atomic E-state index is 11.3. The van der Waals surface area contributed by atoms with Crippen molar-refractivity contribution in [3.05, 3.63) is 0 Å². The van der Waals surface area contributed by atoms with Gasteiger partial charge in [-0.05, 0) is 33.6 Å². The lowest BCUT2D eigenvalue weighted by molar-refractivity contribution is -0.136. The molecular formula is C14H29NO4. The minimum Gasteiger partial charge on any atom is -0.366 e. The summed E-state index contributed by atoms with van der Waals surface area (Å²) in [6, 6.07) is -0.127. The fourth-order valence-electron chi connectivity index (χ4n) is 1.69. The highest BCUT2D eigenvalue weighted by atomic mass is 16.5. The Balaban J connectivity index is 0. The molecule has 0 aromatic carbocycles. The second kappa shape index (κ2) is 9.92. The van der Waals surface area contributed by atoms with Gasteiger partial charge in [0, 0.05) is 13.0 Å². The van der Waals surface area contributed by atoms with Crippen LogP contribution in [0.1, 0.15) is 60.8 Å². The van der Waals surface area contributed by atoms with E-state index in [1.165, 1.54) is 13.8 Å². The van der Waals surface area contributed by atoms with Crippen LogP contribution in [0.3, 0.4) is 0 Å². The van der Waals surface area contributed by atoms with E-state index in [9.17, 15) is 9.59 Å². The van der Waals surface area contributed by atoms with Gasteiger partial charge in [-0.3, -0.25) is 9.59 Å². The van der Waals surface area contributed by atoms with Crippen molar-refractivity contribution in [2.45, 2.75) is 72.6 Å². The Morgan fingerprint density at radius 2 is 1.68 bits per heavy atom. The predicted octanol–water partition coefficient (Wildman–Crippen LogP) is 1.71. The van der Waals surface area contributed by atoms with Crippen molar-refractivity contribution in [3.63, 3.8) is 0 Å². The number of carbonyl (C=O) groups is 2. The van der Waals surface area contributed by atoms with E-state index < -0.39 is 5.79 Å². The Morgan fingerprint density at radius 1 is 1.26 bits per heavy atom. The molecule has 5 heteroatoms. The van der Waals surface area contributed by atoms with Crippen LogP contribution in [0.15, 0.2) is 0 Å². The molecule has 0 aromatic rings. The van der Waals surface area contributed by atoms with Gasteiger partial charge in [0.05, 0.1) is 6.04 Å². The lowest BCUT2D eigenvalue weighted by atomic mass is 10.1. The first-order valence-corrected chi connectivity index (χ1v) is 6.91. The van der Waals surface area contributed by atoms with Crippen LogP contribution >= 0.6 is 0 Å². The van der Waals surface area contributed by atoms with Gasteiger partial charge in [-0.25, -0.2) is 0 Å². The van der Waals surface area contributed by atoms with Gasteiger partial charge in [0.1, 0.15) is 0 Å². The van der Waals surface area contributed by atoms with E-state index in [2.05, 4.69) is 0 Å². The van der Waals surface area contributed by atoms with E-state index in [0.717, 1.165) is 19.4 Å². The first-order valence-electron chi connectivity index (χ1n) is 6.91. The van der Waals surface area contributed by atoms with Crippen LogP contribution in [0.5, 0.6) is 0 Å². The molecule has 1 fully saturated rings. The molecule has 1 amide bonds. The van der Waals surface area contributed by atoms with Crippen LogP contribution in [0.2, 0.25) is 0 Å². The van der Waals surface area contributed by atoms with Crippen molar-refractivity contribution in [3.8, 4) is 0 Å². The van der Waals surface area contributed by atoms with Crippen molar-refractivity contribution in [1.82, 2.24) is 4.90 Å². The summed E-state index contributed by atoms with van der Waals surface area (Å²) in [6.07, 6.45) is 2.32. The first-order chi connectivity index (χ1) is 8.66. The third kappa shape index (κ3) is 10.7. The lowest BCUT2D eigenvalue weighted by Crippen LogP contribution is -2.39. The number of nitrogens with zero attached hydrogens (tertiary/aromatic N) is 1. The van der Waals surface area contributed by atoms with Gasteiger partial charge in [-0.1, -0.05) is 20.8 Å². The number of hydrogen-bond donors (Lipinski definition) is 2. The highest BCUT2D eigenvalue weighted by Crippen LogP contribution is 2.18. The number of aliphatic hydroxyl groups is 2. The van der Waals surface area contributed by atoms with Crippen molar-refractivity contribution < 1.29 is 19.8 Å². The minimum atomic E-state index is -1.50. The summed E-state index contributed by atoms with van der Waals surface area (Å²) in [5.74, 6) is -1.28. The highest BCUT2D eigenvalue weighted by Gasteiger charge is 2.30. The Kier molecular flexibility index (Phi) is 10.6. The lowest BCUT2D eigenvalue weighted by Gasteiger charge is -2.21. The summed E-state index contributed by atoms with van der Waals surface area (Å²) >= 11 is 0. The van der Waals surface area contributed by atoms with E-state index in [0.29, 0.717) is 6.42 Å². The summed E-state index contributed by atoms with van der Waals surface area (Å²) in [6.45, 7) is 10.8. The zero-order valence-corrected chi connectivity index (χ0v) is 13.1. The molecule has 0 aliphatic carbocycles. The van der Waals surface area contributed by atoms with Gasteiger partial charge in [-0.2, -0.15) is 0 Å². The third-order valence-electron chi connectivity index (χ3n) is 2.34. The molecule has 5 nitrogen and oxygen atoms in total. The summed E-state index contributed by atoms with van der Waals surface area (Å²) in [5, 5.41) is 16.2. The Hall–Kier alpha value is -0.940. The molecule has 0 saturated carbocycles. The molecule has 1 atom stereocenters. The molecule has 19 heavy (non-hydrogen) atoms. The first kappa shape index (κ1) is 20.4. The number of carbonyl (C=O) groups excluding carboxylic acids is 2. The van der Waals surface area contributed by atoms with Crippen LogP contribution in [0.25, 0.3) is 0 Å². The summed E-state index contributed by atoms with van der Waals surface area (Å²) < 4.78 is 0. The molecule has 114 valence electrons. The third-order valence-corrected chi connectivity index (χ3v) is 2.34. The summed E-state index contributed by atoms with van der Waals surface area (Å²) in [5.41, 5.74) is 0. The average molecular weight is 275 g/mol. The molecule has 1 rings (SSSR count). The van der Waals surface area contributed by atoms with Gasteiger partial charge >= 0.3 is 0 Å². The SMILES string of the molecule is CC.CC(C)(O)O.CCC(=O)N1CCCC1C(C)=O. The standard InChI is InChI=1S/C9H15NO2.C3H8O2.C2H6/c1-3-9(12)10-6-4-5-8(10)7(2)11;1-3(2,4)5;1-2/h8H,3-6H2,1-2H3;4-5H,1-2H3;1-2H3.